The largest absolute Gasteiger partial charge is 0.497 e. The Balaban J connectivity index is 1.99. The minimum absolute atomic E-state index is 0.178. The van der Waals surface area contributed by atoms with E-state index < -0.39 is 11.6 Å². The zero-order valence-corrected chi connectivity index (χ0v) is 14.5. The summed E-state index contributed by atoms with van der Waals surface area (Å²) in [5.74, 6) is 0.144. The summed E-state index contributed by atoms with van der Waals surface area (Å²) in [6.45, 7) is 1.92. The number of ether oxygens (including phenoxy) is 2. The first kappa shape index (κ1) is 16.3. The molecular formula is C18H13BrO5. The van der Waals surface area contributed by atoms with Gasteiger partial charge in [-0.05, 0) is 64.8 Å². The van der Waals surface area contributed by atoms with E-state index >= 15 is 0 Å². The topological polar surface area (TPSA) is 65.7 Å². The fraction of sp³-hybridized carbons (Fsp3) is 0.111. The summed E-state index contributed by atoms with van der Waals surface area (Å²) < 4.78 is 16.2. The standard InChI is InChI=1S/C18H13BrO5/c1-10-3-5-16(14(19)7-10)24-18(21)13-9-11-8-12(22-2)4-6-15(11)23-17(13)20/h3-9H,1-2H3. The SMILES string of the molecule is COc1ccc2oc(=O)c(C(=O)Oc3ccc(C)cc3Br)cc2c1. The third kappa shape index (κ3) is 3.19. The molecule has 0 saturated heterocycles. The van der Waals surface area contributed by atoms with Crippen molar-refractivity contribution in [3.63, 3.8) is 0 Å². The van der Waals surface area contributed by atoms with Gasteiger partial charge in [-0.3, -0.25) is 0 Å². The molecule has 1 heterocycles. The first-order valence-electron chi connectivity index (χ1n) is 7.08. The second-order valence-electron chi connectivity index (χ2n) is 5.17. The van der Waals surface area contributed by atoms with Crippen molar-refractivity contribution in [1.29, 1.82) is 0 Å². The fourth-order valence-electron chi connectivity index (χ4n) is 2.21. The molecule has 5 nitrogen and oxygen atoms in total. The Labute approximate surface area is 145 Å². The molecule has 3 rings (SSSR count). The number of rotatable bonds is 3. The van der Waals surface area contributed by atoms with Gasteiger partial charge in [0.1, 0.15) is 22.6 Å². The lowest BCUT2D eigenvalue weighted by atomic mass is 10.2. The molecule has 0 bridgehead atoms. The van der Waals surface area contributed by atoms with Gasteiger partial charge in [-0.25, -0.2) is 9.59 Å². The normalized spacial score (nSPS) is 10.6. The van der Waals surface area contributed by atoms with Crippen LogP contribution in [-0.4, -0.2) is 13.1 Å². The molecule has 3 aromatic rings. The number of methoxy groups -OCH3 is 1. The fourth-order valence-corrected chi connectivity index (χ4v) is 2.79. The molecular weight excluding hydrogens is 376 g/mol. The Morgan fingerprint density at radius 2 is 1.92 bits per heavy atom. The molecule has 24 heavy (non-hydrogen) atoms. The highest BCUT2D eigenvalue weighted by Crippen LogP contribution is 2.27. The Morgan fingerprint density at radius 3 is 2.62 bits per heavy atom. The van der Waals surface area contributed by atoms with E-state index in [9.17, 15) is 9.59 Å². The molecule has 0 aliphatic rings. The highest BCUT2D eigenvalue weighted by Gasteiger charge is 2.17. The molecule has 0 fully saturated rings. The van der Waals surface area contributed by atoms with Crippen molar-refractivity contribution in [3.05, 3.63) is 68.5 Å². The lowest BCUT2D eigenvalue weighted by Crippen LogP contribution is -2.18. The van der Waals surface area contributed by atoms with Gasteiger partial charge >= 0.3 is 11.6 Å². The number of hydrogen-bond acceptors (Lipinski definition) is 5. The van der Waals surface area contributed by atoms with Crippen molar-refractivity contribution < 1.29 is 18.7 Å². The zero-order chi connectivity index (χ0) is 17.3. The third-order valence-corrected chi connectivity index (χ3v) is 4.07. The van der Waals surface area contributed by atoms with Crippen LogP contribution in [0.4, 0.5) is 0 Å². The van der Waals surface area contributed by atoms with Crippen LogP contribution in [0.3, 0.4) is 0 Å². The molecule has 0 radical (unpaired) electrons. The van der Waals surface area contributed by atoms with Gasteiger partial charge < -0.3 is 13.9 Å². The van der Waals surface area contributed by atoms with Crippen molar-refractivity contribution in [3.8, 4) is 11.5 Å². The molecule has 0 aliphatic carbocycles. The van der Waals surface area contributed by atoms with Gasteiger partial charge in [-0.2, -0.15) is 0 Å². The van der Waals surface area contributed by atoms with E-state index in [2.05, 4.69) is 15.9 Å². The monoisotopic (exact) mass is 388 g/mol. The predicted molar refractivity (Wildman–Crippen MR) is 92.9 cm³/mol. The van der Waals surface area contributed by atoms with Crippen molar-refractivity contribution >= 4 is 32.9 Å². The average molecular weight is 389 g/mol. The molecule has 0 aliphatic heterocycles. The maximum atomic E-state index is 12.3. The summed E-state index contributed by atoms with van der Waals surface area (Å²) >= 11 is 3.33. The number of carbonyl (C=O) groups is 1. The van der Waals surface area contributed by atoms with Crippen molar-refractivity contribution in [2.75, 3.05) is 7.11 Å². The van der Waals surface area contributed by atoms with Gasteiger partial charge in [-0.1, -0.05) is 6.07 Å². The summed E-state index contributed by atoms with van der Waals surface area (Å²) in [5, 5.41) is 0.573. The van der Waals surface area contributed by atoms with Crippen molar-refractivity contribution in [2.45, 2.75) is 6.92 Å². The molecule has 0 unspecified atom stereocenters. The number of aryl methyl sites for hydroxylation is 1. The number of hydrogen-bond donors (Lipinski definition) is 0. The van der Waals surface area contributed by atoms with E-state index in [1.165, 1.54) is 13.2 Å². The first-order valence-corrected chi connectivity index (χ1v) is 7.87. The molecule has 122 valence electrons. The molecule has 0 amide bonds. The molecule has 0 spiro atoms. The molecule has 6 heteroatoms. The molecule has 1 aromatic heterocycles. The second kappa shape index (κ2) is 6.49. The van der Waals surface area contributed by atoms with Crippen LogP contribution in [0.5, 0.6) is 11.5 Å². The lowest BCUT2D eigenvalue weighted by Gasteiger charge is -2.07. The number of fused-ring (bicyclic) bond motifs is 1. The smallest absolute Gasteiger partial charge is 0.351 e. The van der Waals surface area contributed by atoms with E-state index in [1.807, 2.05) is 13.0 Å². The summed E-state index contributed by atoms with van der Waals surface area (Å²) in [4.78, 5) is 24.4. The second-order valence-corrected chi connectivity index (χ2v) is 6.03. The van der Waals surface area contributed by atoms with Crippen LogP contribution >= 0.6 is 15.9 Å². The van der Waals surface area contributed by atoms with E-state index in [0.717, 1.165) is 5.56 Å². The van der Waals surface area contributed by atoms with Gasteiger partial charge in [0.15, 0.2) is 0 Å². The molecule has 0 N–H and O–H groups in total. The quantitative estimate of drug-likeness (QED) is 0.384. The lowest BCUT2D eigenvalue weighted by molar-refractivity contribution is 0.0729. The van der Waals surface area contributed by atoms with E-state index in [1.54, 1.807) is 30.3 Å². The Bertz CT molecular complexity index is 990. The van der Waals surface area contributed by atoms with Gasteiger partial charge in [0.2, 0.25) is 0 Å². The van der Waals surface area contributed by atoms with Gasteiger partial charge in [0.25, 0.3) is 0 Å². The number of esters is 1. The van der Waals surface area contributed by atoms with Crippen LogP contribution in [0, 0.1) is 6.92 Å². The first-order chi connectivity index (χ1) is 11.5. The Morgan fingerprint density at radius 1 is 1.12 bits per heavy atom. The van der Waals surface area contributed by atoms with Crippen LogP contribution in [0.2, 0.25) is 0 Å². The third-order valence-electron chi connectivity index (χ3n) is 3.45. The van der Waals surface area contributed by atoms with Crippen LogP contribution in [-0.2, 0) is 0 Å². The number of carbonyl (C=O) groups excluding carboxylic acids is 1. The summed E-state index contributed by atoms with van der Waals surface area (Å²) in [5.41, 5.74) is 0.456. The van der Waals surface area contributed by atoms with Crippen LogP contribution in [0.15, 0.2) is 56.1 Å². The molecule has 2 aromatic carbocycles. The van der Waals surface area contributed by atoms with Gasteiger partial charge in [-0.15, -0.1) is 0 Å². The summed E-state index contributed by atoms with van der Waals surface area (Å²) in [6, 6.07) is 11.7. The Hall–Kier alpha value is -2.60. The zero-order valence-electron chi connectivity index (χ0n) is 13.0. The van der Waals surface area contributed by atoms with Gasteiger partial charge in [0, 0.05) is 5.39 Å². The van der Waals surface area contributed by atoms with Crippen molar-refractivity contribution in [2.24, 2.45) is 0 Å². The minimum Gasteiger partial charge on any atom is -0.497 e. The highest BCUT2D eigenvalue weighted by molar-refractivity contribution is 9.10. The van der Waals surface area contributed by atoms with E-state index in [-0.39, 0.29) is 5.56 Å². The van der Waals surface area contributed by atoms with Crippen LogP contribution in [0.1, 0.15) is 15.9 Å². The van der Waals surface area contributed by atoms with E-state index in [0.29, 0.717) is 26.9 Å². The van der Waals surface area contributed by atoms with Crippen LogP contribution < -0.4 is 15.1 Å². The van der Waals surface area contributed by atoms with Crippen molar-refractivity contribution in [1.82, 2.24) is 0 Å². The molecule has 0 saturated carbocycles. The Kier molecular flexibility index (Phi) is 4.40. The number of halogens is 1. The summed E-state index contributed by atoms with van der Waals surface area (Å²) in [7, 11) is 1.53. The maximum Gasteiger partial charge on any atom is 0.351 e. The minimum atomic E-state index is -0.780. The van der Waals surface area contributed by atoms with Gasteiger partial charge in [0.05, 0.1) is 11.6 Å². The number of benzene rings is 2. The van der Waals surface area contributed by atoms with Crippen LogP contribution in [0.25, 0.3) is 11.0 Å². The molecule has 0 atom stereocenters. The maximum absolute atomic E-state index is 12.3. The summed E-state index contributed by atoms with van der Waals surface area (Å²) in [6.07, 6.45) is 0. The average Bonchev–Trinajstić information content (AvgIpc) is 2.56. The highest BCUT2D eigenvalue weighted by atomic mass is 79.9. The van der Waals surface area contributed by atoms with E-state index in [4.69, 9.17) is 13.9 Å². The predicted octanol–water partition coefficient (Wildman–Crippen LogP) is 4.09.